The number of amides is 1. The lowest BCUT2D eigenvalue weighted by Gasteiger charge is -2.19. The summed E-state index contributed by atoms with van der Waals surface area (Å²) in [5.41, 5.74) is 0.383. The maximum Gasteiger partial charge on any atom is 0.262 e. The fourth-order valence-corrected chi connectivity index (χ4v) is 3.51. The Bertz CT molecular complexity index is 656. The summed E-state index contributed by atoms with van der Waals surface area (Å²) >= 11 is 0. The van der Waals surface area contributed by atoms with Crippen LogP contribution in [0.2, 0.25) is 0 Å². The zero-order valence-electron chi connectivity index (χ0n) is 13.0. The van der Waals surface area contributed by atoms with E-state index in [1.807, 2.05) is 6.92 Å². The van der Waals surface area contributed by atoms with Crippen molar-refractivity contribution in [3.8, 4) is 5.75 Å². The van der Waals surface area contributed by atoms with Gasteiger partial charge in [-0.1, -0.05) is 13.8 Å². The molecule has 0 saturated carbocycles. The summed E-state index contributed by atoms with van der Waals surface area (Å²) in [5, 5.41) is 2.61. The van der Waals surface area contributed by atoms with Crippen LogP contribution in [-0.4, -0.2) is 27.0 Å². The molecule has 122 valence electrons. The molecule has 0 radical (unpaired) electrons. The molecule has 2 rings (SSSR count). The molecule has 1 aromatic carbocycles. The van der Waals surface area contributed by atoms with Gasteiger partial charge in [0.1, 0.15) is 5.75 Å². The number of nitrogens with one attached hydrogen (secondary N) is 2. The zero-order chi connectivity index (χ0) is 16.3. The highest BCUT2D eigenvalue weighted by atomic mass is 32.2. The van der Waals surface area contributed by atoms with Gasteiger partial charge in [-0.15, -0.1) is 0 Å². The van der Waals surface area contributed by atoms with E-state index in [4.69, 9.17) is 4.74 Å². The van der Waals surface area contributed by atoms with Crippen LogP contribution in [0.25, 0.3) is 0 Å². The quantitative estimate of drug-likeness (QED) is 0.838. The Balaban J connectivity index is 2.12. The van der Waals surface area contributed by atoms with Gasteiger partial charge < -0.3 is 10.1 Å². The van der Waals surface area contributed by atoms with Crippen molar-refractivity contribution in [2.24, 2.45) is 5.92 Å². The predicted octanol–water partition coefficient (Wildman–Crippen LogP) is 2.12. The van der Waals surface area contributed by atoms with Crippen LogP contribution < -0.4 is 14.8 Å². The number of hydrogen-bond acceptors (Lipinski definition) is 4. The normalized spacial score (nSPS) is 15.9. The third-order valence-corrected chi connectivity index (χ3v) is 5.01. The standard InChI is InChI=1S/C15H22N2O4S/c1-10(2)4-5-11(3)17-22(19,20)12-6-7-14-13(8-12)16-15(18)9-21-14/h6-8,10-11,17H,4-5,9H2,1-3H3,(H,16,18). The van der Waals surface area contributed by atoms with Crippen molar-refractivity contribution in [1.82, 2.24) is 4.72 Å². The Morgan fingerprint density at radius 3 is 2.68 bits per heavy atom. The molecule has 0 aliphatic carbocycles. The summed E-state index contributed by atoms with van der Waals surface area (Å²) in [6.07, 6.45) is 1.74. The second-order valence-corrected chi connectivity index (χ2v) is 7.70. The second kappa shape index (κ2) is 6.66. The molecule has 1 aliphatic heterocycles. The van der Waals surface area contributed by atoms with E-state index in [-0.39, 0.29) is 23.5 Å². The summed E-state index contributed by atoms with van der Waals surface area (Å²) in [4.78, 5) is 11.4. The smallest absolute Gasteiger partial charge is 0.262 e. The Kier molecular flexibility index (Phi) is 5.08. The van der Waals surface area contributed by atoms with E-state index in [1.165, 1.54) is 12.1 Å². The van der Waals surface area contributed by atoms with Crippen LogP contribution in [0, 0.1) is 5.92 Å². The first kappa shape index (κ1) is 16.8. The first-order valence-corrected chi connectivity index (χ1v) is 8.85. The minimum atomic E-state index is -3.62. The fraction of sp³-hybridized carbons (Fsp3) is 0.533. The third-order valence-electron chi connectivity index (χ3n) is 3.43. The highest BCUT2D eigenvalue weighted by Crippen LogP contribution is 2.30. The van der Waals surface area contributed by atoms with E-state index >= 15 is 0 Å². The van der Waals surface area contributed by atoms with Gasteiger partial charge in [-0.05, 0) is 43.9 Å². The summed E-state index contributed by atoms with van der Waals surface area (Å²) in [7, 11) is -3.62. The van der Waals surface area contributed by atoms with E-state index < -0.39 is 10.0 Å². The van der Waals surface area contributed by atoms with Gasteiger partial charge in [-0.2, -0.15) is 0 Å². The van der Waals surface area contributed by atoms with Crippen LogP contribution in [0.1, 0.15) is 33.6 Å². The predicted molar refractivity (Wildman–Crippen MR) is 84.4 cm³/mol. The van der Waals surface area contributed by atoms with Gasteiger partial charge in [0.2, 0.25) is 10.0 Å². The molecule has 7 heteroatoms. The fourth-order valence-electron chi connectivity index (χ4n) is 2.20. The Labute approximate surface area is 131 Å². The average molecular weight is 326 g/mol. The molecule has 1 aromatic rings. The highest BCUT2D eigenvalue weighted by molar-refractivity contribution is 7.89. The first-order valence-electron chi connectivity index (χ1n) is 7.37. The van der Waals surface area contributed by atoms with E-state index in [0.717, 1.165) is 12.8 Å². The van der Waals surface area contributed by atoms with Crippen LogP contribution >= 0.6 is 0 Å². The number of carbonyl (C=O) groups excluding carboxylic acids is 1. The molecule has 1 amide bonds. The molecule has 0 bridgehead atoms. The minimum Gasteiger partial charge on any atom is -0.482 e. The third kappa shape index (κ3) is 4.20. The molecular weight excluding hydrogens is 304 g/mol. The SMILES string of the molecule is CC(C)CCC(C)NS(=O)(=O)c1ccc2c(c1)NC(=O)CO2. The van der Waals surface area contributed by atoms with Gasteiger partial charge in [0.25, 0.3) is 5.91 Å². The van der Waals surface area contributed by atoms with Gasteiger partial charge >= 0.3 is 0 Å². The van der Waals surface area contributed by atoms with Crippen molar-refractivity contribution in [3.05, 3.63) is 18.2 Å². The number of carbonyl (C=O) groups is 1. The Morgan fingerprint density at radius 1 is 1.27 bits per heavy atom. The van der Waals surface area contributed by atoms with Crippen molar-refractivity contribution >= 4 is 21.6 Å². The van der Waals surface area contributed by atoms with Crippen molar-refractivity contribution < 1.29 is 17.9 Å². The molecule has 1 heterocycles. The Hall–Kier alpha value is -1.60. The van der Waals surface area contributed by atoms with Crippen LogP contribution in [0.4, 0.5) is 5.69 Å². The number of anilines is 1. The molecule has 2 N–H and O–H groups in total. The van der Waals surface area contributed by atoms with Crippen molar-refractivity contribution in [2.75, 3.05) is 11.9 Å². The number of fused-ring (bicyclic) bond motifs is 1. The molecule has 1 unspecified atom stereocenters. The summed E-state index contributed by atoms with van der Waals surface area (Å²) in [5.74, 6) is 0.717. The number of rotatable bonds is 6. The highest BCUT2D eigenvalue weighted by Gasteiger charge is 2.22. The van der Waals surface area contributed by atoms with Crippen molar-refractivity contribution in [2.45, 2.75) is 44.6 Å². The number of hydrogen-bond donors (Lipinski definition) is 2. The van der Waals surface area contributed by atoms with E-state index in [0.29, 0.717) is 17.4 Å². The van der Waals surface area contributed by atoms with Gasteiger partial charge in [0, 0.05) is 6.04 Å². The summed E-state index contributed by atoms with van der Waals surface area (Å²) < 4.78 is 32.7. The Morgan fingerprint density at radius 2 is 2.00 bits per heavy atom. The average Bonchev–Trinajstić information content (AvgIpc) is 2.43. The van der Waals surface area contributed by atoms with Crippen molar-refractivity contribution in [1.29, 1.82) is 0 Å². The number of benzene rings is 1. The minimum absolute atomic E-state index is 0.0520. The van der Waals surface area contributed by atoms with E-state index in [9.17, 15) is 13.2 Å². The van der Waals surface area contributed by atoms with Crippen molar-refractivity contribution in [3.63, 3.8) is 0 Å². The molecule has 22 heavy (non-hydrogen) atoms. The molecule has 0 aromatic heterocycles. The van der Waals surface area contributed by atoms with Crippen LogP contribution in [0.3, 0.4) is 0 Å². The molecule has 0 fully saturated rings. The van der Waals surface area contributed by atoms with E-state index in [1.54, 1.807) is 6.07 Å². The lowest BCUT2D eigenvalue weighted by Crippen LogP contribution is -2.33. The van der Waals surface area contributed by atoms with Crippen LogP contribution in [0.5, 0.6) is 5.75 Å². The summed E-state index contributed by atoms with van der Waals surface area (Å²) in [6, 6.07) is 4.31. The summed E-state index contributed by atoms with van der Waals surface area (Å²) in [6.45, 7) is 6.01. The molecular formula is C15H22N2O4S. The maximum atomic E-state index is 12.4. The monoisotopic (exact) mass is 326 g/mol. The number of sulfonamides is 1. The molecule has 1 atom stereocenters. The molecule has 0 spiro atoms. The first-order chi connectivity index (χ1) is 10.3. The van der Waals surface area contributed by atoms with Gasteiger partial charge in [0.05, 0.1) is 10.6 Å². The zero-order valence-corrected chi connectivity index (χ0v) is 13.9. The lowest BCUT2D eigenvalue weighted by molar-refractivity contribution is -0.118. The largest absolute Gasteiger partial charge is 0.482 e. The second-order valence-electron chi connectivity index (χ2n) is 5.99. The lowest BCUT2D eigenvalue weighted by atomic mass is 10.1. The van der Waals surface area contributed by atoms with Gasteiger partial charge in [0.15, 0.2) is 6.61 Å². The van der Waals surface area contributed by atoms with E-state index in [2.05, 4.69) is 23.9 Å². The topological polar surface area (TPSA) is 84.5 Å². The maximum absolute atomic E-state index is 12.4. The number of ether oxygens (including phenoxy) is 1. The van der Waals surface area contributed by atoms with Crippen LogP contribution in [0.15, 0.2) is 23.1 Å². The molecule has 0 saturated heterocycles. The van der Waals surface area contributed by atoms with Gasteiger partial charge in [-0.3, -0.25) is 4.79 Å². The molecule has 1 aliphatic rings. The van der Waals surface area contributed by atoms with Crippen LogP contribution in [-0.2, 0) is 14.8 Å². The molecule has 6 nitrogen and oxygen atoms in total. The van der Waals surface area contributed by atoms with Gasteiger partial charge in [-0.25, -0.2) is 13.1 Å².